The predicted octanol–water partition coefficient (Wildman–Crippen LogP) is 2.09. The van der Waals surface area contributed by atoms with Gasteiger partial charge in [-0.1, -0.05) is 12.1 Å². The number of carbonyl (C=O) groups excluding carboxylic acids is 1. The number of aliphatic hydroxyl groups is 1. The Balaban J connectivity index is 3.24. The lowest BCUT2D eigenvalue weighted by molar-refractivity contribution is -0.142. The first-order valence-electron chi connectivity index (χ1n) is 5.64. The fourth-order valence-electron chi connectivity index (χ4n) is 1.74. The van der Waals surface area contributed by atoms with Crippen molar-refractivity contribution < 1.29 is 23.4 Å². The number of hydrogen-bond donors (Lipinski definition) is 1. The summed E-state index contributed by atoms with van der Waals surface area (Å²) in [5.41, 5.74) is -0.631. The zero-order valence-corrected chi connectivity index (χ0v) is 10.3. The Hall–Kier alpha value is -2.00. The smallest absolute Gasteiger partial charge is 0.310 e. The van der Waals surface area contributed by atoms with Crippen LogP contribution in [-0.4, -0.2) is 17.7 Å². The van der Waals surface area contributed by atoms with Crippen LogP contribution in [0.15, 0.2) is 12.1 Å². The lowest BCUT2D eigenvalue weighted by Gasteiger charge is -2.12. The second-order valence-electron chi connectivity index (χ2n) is 3.72. The average molecular weight is 269 g/mol. The number of ether oxygens (including phenoxy) is 1. The van der Waals surface area contributed by atoms with Gasteiger partial charge in [0.15, 0.2) is 0 Å². The summed E-state index contributed by atoms with van der Waals surface area (Å²) in [4.78, 5) is 11.3. The van der Waals surface area contributed by atoms with Gasteiger partial charge in [-0.2, -0.15) is 5.26 Å². The quantitative estimate of drug-likeness (QED) is 0.831. The van der Waals surface area contributed by atoms with Crippen LogP contribution in [0.25, 0.3) is 0 Å². The fraction of sp³-hybridized carbons (Fsp3) is 0.385. The molecule has 0 saturated carbocycles. The number of alkyl halides is 2. The molecule has 102 valence electrons. The molecule has 6 heteroatoms. The van der Waals surface area contributed by atoms with Gasteiger partial charge in [-0.15, -0.1) is 0 Å². The molecule has 19 heavy (non-hydrogen) atoms. The molecule has 0 aromatic heterocycles. The lowest BCUT2D eigenvalue weighted by atomic mass is 9.95. The SMILES string of the molecule is CCOC(=O)Cc1ccc(CO)c(C(F)F)c1C#N. The molecule has 0 atom stereocenters. The van der Waals surface area contributed by atoms with Gasteiger partial charge in [0.2, 0.25) is 0 Å². The first-order chi connectivity index (χ1) is 9.04. The van der Waals surface area contributed by atoms with Gasteiger partial charge >= 0.3 is 5.97 Å². The van der Waals surface area contributed by atoms with Crippen molar-refractivity contribution in [3.05, 3.63) is 34.4 Å². The maximum Gasteiger partial charge on any atom is 0.310 e. The highest BCUT2D eigenvalue weighted by molar-refractivity contribution is 5.74. The molecule has 1 aromatic rings. The molecule has 0 saturated heterocycles. The van der Waals surface area contributed by atoms with Crippen LogP contribution < -0.4 is 0 Å². The number of rotatable bonds is 5. The van der Waals surface area contributed by atoms with Gasteiger partial charge in [-0.25, -0.2) is 8.78 Å². The number of nitriles is 1. The van der Waals surface area contributed by atoms with Gasteiger partial charge in [0.25, 0.3) is 6.43 Å². The van der Waals surface area contributed by atoms with E-state index in [-0.39, 0.29) is 29.7 Å². The minimum Gasteiger partial charge on any atom is -0.466 e. The third-order valence-electron chi connectivity index (χ3n) is 2.56. The molecule has 0 unspecified atom stereocenters. The number of esters is 1. The number of hydrogen-bond acceptors (Lipinski definition) is 4. The van der Waals surface area contributed by atoms with Gasteiger partial charge in [0.05, 0.1) is 31.3 Å². The molecule has 0 amide bonds. The van der Waals surface area contributed by atoms with Crippen molar-refractivity contribution in [2.75, 3.05) is 6.61 Å². The minimum absolute atomic E-state index is 0.0147. The maximum atomic E-state index is 12.9. The number of halogens is 2. The molecule has 0 bridgehead atoms. The van der Waals surface area contributed by atoms with Crippen LogP contribution in [0.5, 0.6) is 0 Å². The Morgan fingerprint density at radius 3 is 2.58 bits per heavy atom. The molecule has 0 fully saturated rings. The molecule has 0 spiro atoms. The second-order valence-corrected chi connectivity index (χ2v) is 3.72. The van der Waals surface area contributed by atoms with Crippen molar-refractivity contribution in [3.63, 3.8) is 0 Å². The third-order valence-corrected chi connectivity index (χ3v) is 2.56. The van der Waals surface area contributed by atoms with Crippen molar-refractivity contribution in [2.24, 2.45) is 0 Å². The van der Waals surface area contributed by atoms with E-state index in [1.807, 2.05) is 0 Å². The standard InChI is InChI=1S/C13H13F2NO3/c1-2-19-11(18)5-8-3-4-9(7-17)12(13(14)15)10(8)6-16/h3-4,13,17H,2,5,7H2,1H3. The van der Waals surface area contributed by atoms with Crippen LogP contribution in [0.1, 0.15) is 35.6 Å². The molecule has 4 nitrogen and oxygen atoms in total. The molecule has 0 aliphatic heterocycles. The van der Waals surface area contributed by atoms with Crippen molar-refractivity contribution in [2.45, 2.75) is 26.4 Å². The fourth-order valence-corrected chi connectivity index (χ4v) is 1.74. The molecule has 1 rings (SSSR count). The zero-order chi connectivity index (χ0) is 14.4. The highest BCUT2D eigenvalue weighted by Gasteiger charge is 2.21. The van der Waals surface area contributed by atoms with E-state index in [9.17, 15) is 13.6 Å². The molecular formula is C13H13F2NO3. The van der Waals surface area contributed by atoms with E-state index in [0.717, 1.165) is 0 Å². The Bertz CT molecular complexity index is 509. The summed E-state index contributed by atoms with van der Waals surface area (Å²) in [6, 6.07) is 4.34. The van der Waals surface area contributed by atoms with Crippen molar-refractivity contribution >= 4 is 5.97 Å². The summed E-state index contributed by atoms with van der Waals surface area (Å²) in [6.45, 7) is 1.22. The van der Waals surface area contributed by atoms with Gasteiger partial charge < -0.3 is 9.84 Å². The van der Waals surface area contributed by atoms with E-state index in [0.29, 0.717) is 0 Å². The second kappa shape index (κ2) is 6.81. The highest BCUT2D eigenvalue weighted by atomic mass is 19.3. The summed E-state index contributed by atoms with van der Waals surface area (Å²) in [6.07, 6.45) is -3.14. The average Bonchev–Trinajstić information content (AvgIpc) is 2.38. The number of carbonyl (C=O) groups is 1. The predicted molar refractivity (Wildman–Crippen MR) is 62.4 cm³/mol. The Labute approximate surface area is 109 Å². The Kier molecular flexibility index (Phi) is 5.39. The normalized spacial score (nSPS) is 10.3. The highest BCUT2D eigenvalue weighted by Crippen LogP contribution is 2.29. The van der Waals surface area contributed by atoms with Gasteiger partial charge in [0, 0.05) is 5.56 Å². The molecule has 1 N–H and O–H groups in total. The van der Waals surface area contributed by atoms with Crippen molar-refractivity contribution in [1.29, 1.82) is 5.26 Å². The lowest BCUT2D eigenvalue weighted by Crippen LogP contribution is -2.11. The summed E-state index contributed by atoms with van der Waals surface area (Å²) in [5, 5.41) is 18.0. The Morgan fingerprint density at radius 2 is 2.11 bits per heavy atom. The van der Waals surface area contributed by atoms with Gasteiger partial charge in [0.1, 0.15) is 0 Å². The zero-order valence-electron chi connectivity index (χ0n) is 10.3. The van der Waals surface area contributed by atoms with Crippen LogP contribution in [-0.2, 0) is 22.6 Å². The van der Waals surface area contributed by atoms with Crippen molar-refractivity contribution in [1.82, 2.24) is 0 Å². The molecule has 0 aliphatic rings. The minimum atomic E-state index is -2.89. The number of nitrogens with zero attached hydrogens (tertiary/aromatic N) is 1. The molecular weight excluding hydrogens is 256 g/mol. The van der Waals surface area contributed by atoms with E-state index < -0.39 is 24.6 Å². The van der Waals surface area contributed by atoms with Crippen LogP contribution >= 0.6 is 0 Å². The van der Waals surface area contributed by atoms with Crippen LogP contribution in [0.2, 0.25) is 0 Å². The van der Waals surface area contributed by atoms with Gasteiger partial charge in [-0.05, 0) is 18.1 Å². The molecule has 0 heterocycles. The van der Waals surface area contributed by atoms with Crippen LogP contribution in [0.3, 0.4) is 0 Å². The van der Waals surface area contributed by atoms with E-state index in [2.05, 4.69) is 0 Å². The Morgan fingerprint density at radius 1 is 1.47 bits per heavy atom. The molecule has 0 aliphatic carbocycles. The van der Waals surface area contributed by atoms with Crippen LogP contribution in [0, 0.1) is 11.3 Å². The largest absolute Gasteiger partial charge is 0.466 e. The number of aliphatic hydroxyl groups excluding tert-OH is 1. The van der Waals surface area contributed by atoms with E-state index in [1.54, 1.807) is 13.0 Å². The van der Waals surface area contributed by atoms with E-state index in [4.69, 9.17) is 15.1 Å². The van der Waals surface area contributed by atoms with Gasteiger partial charge in [-0.3, -0.25) is 4.79 Å². The van der Waals surface area contributed by atoms with Crippen LogP contribution in [0.4, 0.5) is 8.78 Å². The van der Waals surface area contributed by atoms with E-state index >= 15 is 0 Å². The maximum absolute atomic E-state index is 12.9. The summed E-state index contributed by atoms with van der Waals surface area (Å²) < 4.78 is 30.6. The summed E-state index contributed by atoms with van der Waals surface area (Å²) in [7, 11) is 0. The van der Waals surface area contributed by atoms with Crippen molar-refractivity contribution in [3.8, 4) is 6.07 Å². The molecule has 0 radical (unpaired) electrons. The summed E-state index contributed by atoms with van der Waals surface area (Å²) >= 11 is 0. The topological polar surface area (TPSA) is 70.3 Å². The van der Waals surface area contributed by atoms with E-state index in [1.165, 1.54) is 12.1 Å². The monoisotopic (exact) mass is 269 g/mol. The molecule has 1 aromatic carbocycles. The third kappa shape index (κ3) is 3.48. The number of benzene rings is 1. The first kappa shape index (κ1) is 15.1. The summed E-state index contributed by atoms with van der Waals surface area (Å²) in [5.74, 6) is -0.587. The first-order valence-corrected chi connectivity index (χ1v) is 5.64.